The molecule has 1 unspecified atom stereocenters. The van der Waals surface area contributed by atoms with Gasteiger partial charge in [-0.3, -0.25) is 4.98 Å². The quantitative estimate of drug-likeness (QED) is 0.865. The molecule has 1 N–H and O–H groups in total. The summed E-state index contributed by atoms with van der Waals surface area (Å²) in [6, 6.07) is 13.8. The number of ether oxygens (including phenoxy) is 1. The molecule has 0 aliphatic rings. The van der Waals surface area contributed by atoms with Crippen LogP contribution in [0.1, 0.15) is 24.1 Å². The fraction of sp³-hybridized carbons (Fsp3) is 0.312. The van der Waals surface area contributed by atoms with E-state index < -0.39 is 0 Å². The number of nitrogens with zero attached hydrogens (tertiary/aromatic N) is 1. The Labute approximate surface area is 113 Å². The van der Waals surface area contributed by atoms with E-state index in [2.05, 4.69) is 4.98 Å². The van der Waals surface area contributed by atoms with Crippen LogP contribution >= 0.6 is 0 Å². The summed E-state index contributed by atoms with van der Waals surface area (Å²) in [4.78, 5) is 4.30. The van der Waals surface area contributed by atoms with Crippen molar-refractivity contribution in [2.45, 2.75) is 19.3 Å². The standard InChI is InChI=1S/C16H19NO2/c1-2-19-16-8-6-13(7-9-16)14(12-18)11-15-5-3-4-10-17-15/h3-10,14,18H,2,11-12H2,1H3. The molecule has 1 aromatic heterocycles. The average molecular weight is 257 g/mol. The number of aliphatic hydroxyl groups is 1. The molecule has 100 valence electrons. The zero-order valence-corrected chi connectivity index (χ0v) is 11.1. The Bertz CT molecular complexity index is 482. The van der Waals surface area contributed by atoms with Gasteiger partial charge in [-0.25, -0.2) is 0 Å². The summed E-state index contributed by atoms with van der Waals surface area (Å²) in [6.45, 7) is 2.74. The van der Waals surface area contributed by atoms with Crippen LogP contribution < -0.4 is 4.74 Å². The smallest absolute Gasteiger partial charge is 0.119 e. The van der Waals surface area contributed by atoms with Crippen molar-refractivity contribution in [3.05, 3.63) is 59.9 Å². The van der Waals surface area contributed by atoms with Crippen molar-refractivity contribution < 1.29 is 9.84 Å². The van der Waals surface area contributed by atoms with Gasteiger partial charge >= 0.3 is 0 Å². The second-order valence-corrected chi connectivity index (χ2v) is 4.41. The van der Waals surface area contributed by atoms with Gasteiger partial charge in [-0.1, -0.05) is 18.2 Å². The van der Waals surface area contributed by atoms with E-state index in [-0.39, 0.29) is 12.5 Å². The highest BCUT2D eigenvalue weighted by Crippen LogP contribution is 2.22. The van der Waals surface area contributed by atoms with E-state index in [0.29, 0.717) is 6.61 Å². The van der Waals surface area contributed by atoms with Crippen molar-refractivity contribution in [1.29, 1.82) is 0 Å². The van der Waals surface area contributed by atoms with Crippen molar-refractivity contribution in [2.75, 3.05) is 13.2 Å². The molecule has 19 heavy (non-hydrogen) atoms. The zero-order valence-electron chi connectivity index (χ0n) is 11.1. The first-order valence-corrected chi connectivity index (χ1v) is 6.57. The Kier molecular flexibility index (Phi) is 4.93. The lowest BCUT2D eigenvalue weighted by molar-refractivity contribution is 0.263. The maximum absolute atomic E-state index is 9.55. The molecule has 0 fully saturated rings. The van der Waals surface area contributed by atoms with Crippen molar-refractivity contribution in [2.24, 2.45) is 0 Å². The molecular formula is C16H19NO2. The summed E-state index contributed by atoms with van der Waals surface area (Å²) < 4.78 is 5.42. The Morgan fingerprint density at radius 2 is 1.95 bits per heavy atom. The third kappa shape index (κ3) is 3.80. The highest BCUT2D eigenvalue weighted by atomic mass is 16.5. The van der Waals surface area contributed by atoms with Gasteiger partial charge in [0.05, 0.1) is 13.2 Å². The molecule has 1 atom stereocenters. The SMILES string of the molecule is CCOc1ccc(C(CO)Cc2ccccn2)cc1. The molecule has 2 rings (SSSR count). The van der Waals surface area contributed by atoms with E-state index in [1.807, 2.05) is 49.4 Å². The summed E-state index contributed by atoms with van der Waals surface area (Å²) in [6.07, 6.45) is 2.52. The maximum Gasteiger partial charge on any atom is 0.119 e. The summed E-state index contributed by atoms with van der Waals surface area (Å²) >= 11 is 0. The lowest BCUT2D eigenvalue weighted by atomic mass is 9.95. The van der Waals surface area contributed by atoms with E-state index >= 15 is 0 Å². The largest absolute Gasteiger partial charge is 0.494 e. The number of pyridine rings is 1. The molecule has 0 aliphatic carbocycles. The van der Waals surface area contributed by atoms with Crippen LogP contribution in [0.4, 0.5) is 0 Å². The van der Waals surface area contributed by atoms with Crippen LogP contribution in [-0.2, 0) is 6.42 Å². The van der Waals surface area contributed by atoms with Gasteiger partial charge in [0, 0.05) is 17.8 Å². The first-order chi connectivity index (χ1) is 9.33. The molecule has 0 amide bonds. The normalized spacial score (nSPS) is 12.1. The first kappa shape index (κ1) is 13.6. The maximum atomic E-state index is 9.55. The summed E-state index contributed by atoms with van der Waals surface area (Å²) in [7, 11) is 0. The Morgan fingerprint density at radius 1 is 1.16 bits per heavy atom. The highest BCUT2D eigenvalue weighted by Gasteiger charge is 2.12. The molecule has 2 aromatic rings. The van der Waals surface area contributed by atoms with Gasteiger partial charge in [0.2, 0.25) is 0 Å². The molecule has 0 radical (unpaired) electrons. The summed E-state index contributed by atoms with van der Waals surface area (Å²) in [5.74, 6) is 0.936. The van der Waals surface area contributed by atoms with Crippen molar-refractivity contribution in [3.63, 3.8) is 0 Å². The van der Waals surface area contributed by atoms with Gasteiger partial charge in [0.25, 0.3) is 0 Å². The molecule has 1 heterocycles. The lowest BCUT2D eigenvalue weighted by Crippen LogP contribution is -2.08. The van der Waals surface area contributed by atoms with E-state index in [0.717, 1.165) is 23.4 Å². The van der Waals surface area contributed by atoms with E-state index in [9.17, 15) is 5.11 Å². The van der Waals surface area contributed by atoms with E-state index in [1.54, 1.807) is 6.20 Å². The Hall–Kier alpha value is -1.87. The van der Waals surface area contributed by atoms with Gasteiger partial charge in [-0.2, -0.15) is 0 Å². The molecule has 1 aromatic carbocycles. The minimum atomic E-state index is 0.0746. The minimum absolute atomic E-state index is 0.0746. The highest BCUT2D eigenvalue weighted by molar-refractivity contribution is 5.30. The molecule has 0 spiro atoms. The number of rotatable bonds is 6. The van der Waals surface area contributed by atoms with Gasteiger partial charge in [-0.05, 0) is 43.2 Å². The monoisotopic (exact) mass is 257 g/mol. The van der Waals surface area contributed by atoms with Crippen LogP contribution in [0, 0.1) is 0 Å². The van der Waals surface area contributed by atoms with E-state index in [1.165, 1.54) is 0 Å². The number of aliphatic hydroxyl groups excluding tert-OH is 1. The van der Waals surface area contributed by atoms with Crippen LogP contribution in [0.3, 0.4) is 0 Å². The van der Waals surface area contributed by atoms with Crippen molar-refractivity contribution in [1.82, 2.24) is 4.98 Å². The van der Waals surface area contributed by atoms with Crippen LogP contribution in [0.5, 0.6) is 5.75 Å². The fourth-order valence-corrected chi connectivity index (χ4v) is 2.06. The van der Waals surface area contributed by atoms with Crippen LogP contribution in [0.25, 0.3) is 0 Å². The first-order valence-electron chi connectivity index (χ1n) is 6.57. The number of aromatic nitrogens is 1. The Balaban J connectivity index is 2.08. The van der Waals surface area contributed by atoms with Crippen LogP contribution in [-0.4, -0.2) is 23.3 Å². The van der Waals surface area contributed by atoms with Gasteiger partial charge in [0.15, 0.2) is 0 Å². The average Bonchev–Trinajstić information content (AvgIpc) is 2.47. The number of hydrogen-bond acceptors (Lipinski definition) is 3. The lowest BCUT2D eigenvalue weighted by Gasteiger charge is -2.14. The molecule has 0 aliphatic heterocycles. The molecular weight excluding hydrogens is 238 g/mol. The minimum Gasteiger partial charge on any atom is -0.494 e. The predicted molar refractivity (Wildman–Crippen MR) is 75.4 cm³/mol. The van der Waals surface area contributed by atoms with Crippen molar-refractivity contribution >= 4 is 0 Å². The molecule has 0 bridgehead atoms. The molecule has 0 saturated carbocycles. The third-order valence-corrected chi connectivity index (χ3v) is 3.06. The number of benzene rings is 1. The zero-order chi connectivity index (χ0) is 13.5. The fourth-order valence-electron chi connectivity index (χ4n) is 2.06. The summed E-state index contributed by atoms with van der Waals surface area (Å²) in [5.41, 5.74) is 2.10. The van der Waals surface area contributed by atoms with E-state index in [4.69, 9.17) is 4.74 Å². The number of hydrogen-bond donors (Lipinski definition) is 1. The predicted octanol–water partition coefficient (Wildman–Crippen LogP) is 2.80. The third-order valence-electron chi connectivity index (χ3n) is 3.06. The molecule has 3 nitrogen and oxygen atoms in total. The summed E-state index contributed by atoms with van der Waals surface area (Å²) in [5, 5.41) is 9.55. The van der Waals surface area contributed by atoms with Gasteiger partial charge < -0.3 is 9.84 Å². The van der Waals surface area contributed by atoms with Crippen LogP contribution in [0.15, 0.2) is 48.7 Å². The molecule has 0 saturated heterocycles. The second-order valence-electron chi connectivity index (χ2n) is 4.41. The molecule has 3 heteroatoms. The second kappa shape index (κ2) is 6.90. The topological polar surface area (TPSA) is 42.4 Å². The van der Waals surface area contributed by atoms with Gasteiger partial charge in [0.1, 0.15) is 5.75 Å². The van der Waals surface area contributed by atoms with Crippen LogP contribution in [0.2, 0.25) is 0 Å². The Morgan fingerprint density at radius 3 is 2.53 bits per heavy atom. The van der Waals surface area contributed by atoms with Gasteiger partial charge in [-0.15, -0.1) is 0 Å². The van der Waals surface area contributed by atoms with Crippen molar-refractivity contribution in [3.8, 4) is 5.75 Å².